The van der Waals surface area contributed by atoms with Gasteiger partial charge < -0.3 is 15.0 Å². The maximum Gasteiger partial charge on any atom is 0.270 e. The lowest BCUT2D eigenvalue weighted by Crippen LogP contribution is -2.58. The molecule has 0 bridgehead atoms. The molecule has 1 heterocycles. The van der Waals surface area contributed by atoms with Gasteiger partial charge in [-0.3, -0.25) is 19.8 Å². The highest BCUT2D eigenvalue weighted by Crippen LogP contribution is 2.25. The van der Waals surface area contributed by atoms with Gasteiger partial charge in [-0.1, -0.05) is 0 Å². The maximum atomic E-state index is 12.8. The van der Waals surface area contributed by atoms with Gasteiger partial charge in [0.1, 0.15) is 0 Å². The molecule has 0 aromatic heterocycles. The molecule has 1 aliphatic rings. The van der Waals surface area contributed by atoms with Crippen molar-refractivity contribution < 1.29 is 14.5 Å². The summed E-state index contributed by atoms with van der Waals surface area (Å²) in [5.74, 6) is -0.315. The number of nitrogens with zero attached hydrogens (tertiary/aromatic N) is 3. The first-order valence-corrected chi connectivity index (χ1v) is 9.15. The number of rotatable bonds is 6. The molecule has 8 heteroatoms. The topological polar surface area (TPSA) is 88.0 Å². The molecule has 1 fully saturated rings. The number of non-ortho nitro benzene ring substituents is 1. The predicted octanol–water partition coefficient (Wildman–Crippen LogP) is 2.28. The van der Waals surface area contributed by atoms with E-state index in [1.165, 1.54) is 12.1 Å². The Morgan fingerprint density at radius 1 is 1.33 bits per heavy atom. The van der Waals surface area contributed by atoms with Crippen LogP contribution in [0.25, 0.3) is 0 Å². The zero-order chi connectivity index (χ0) is 20.4. The van der Waals surface area contributed by atoms with Gasteiger partial charge in [-0.2, -0.15) is 0 Å². The van der Waals surface area contributed by atoms with Crippen LogP contribution in [0.2, 0.25) is 0 Å². The van der Waals surface area contributed by atoms with Crippen LogP contribution in [0.4, 0.5) is 11.4 Å². The Labute approximate surface area is 160 Å². The predicted molar refractivity (Wildman–Crippen MR) is 105 cm³/mol. The van der Waals surface area contributed by atoms with Crippen molar-refractivity contribution in [1.29, 1.82) is 0 Å². The number of amides is 1. The summed E-state index contributed by atoms with van der Waals surface area (Å²) in [5.41, 5.74) is 0.583. The zero-order valence-electron chi connectivity index (χ0n) is 17.0. The van der Waals surface area contributed by atoms with E-state index in [4.69, 9.17) is 4.74 Å². The second kappa shape index (κ2) is 8.22. The van der Waals surface area contributed by atoms with Gasteiger partial charge in [-0.05, 0) is 33.8 Å². The van der Waals surface area contributed by atoms with Crippen molar-refractivity contribution in [3.63, 3.8) is 0 Å². The monoisotopic (exact) mass is 378 g/mol. The molecule has 0 saturated carbocycles. The summed E-state index contributed by atoms with van der Waals surface area (Å²) < 4.78 is 5.79. The lowest BCUT2D eigenvalue weighted by molar-refractivity contribution is -0.384. The lowest BCUT2D eigenvalue weighted by atomic mass is 9.99. The summed E-state index contributed by atoms with van der Waals surface area (Å²) in [6, 6.07) is 4.34. The van der Waals surface area contributed by atoms with Crippen molar-refractivity contribution in [2.45, 2.75) is 45.4 Å². The summed E-state index contributed by atoms with van der Waals surface area (Å²) >= 11 is 0. The van der Waals surface area contributed by atoms with Crippen molar-refractivity contribution in [2.75, 3.05) is 38.6 Å². The van der Waals surface area contributed by atoms with Gasteiger partial charge in [0.15, 0.2) is 0 Å². The molecule has 1 aromatic carbocycles. The fraction of sp³-hybridized carbons (Fsp3) is 0.632. The van der Waals surface area contributed by atoms with E-state index in [1.807, 2.05) is 13.8 Å². The molecular weight excluding hydrogens is 348 g/mol. The van der Waals surface area contributed by atoms with E-state index in [2.05, 4.69) is 24.1 Å². The van der Waals surface area contributed by atoms with E-state index in [1.54, 1.807) is 25.1 Å². The number of carbonyl (C=O) groups is 1. The number of morpholine rings is 1. The fourth-order valence-electron chi connectivity index (χ4n) is 3.39. The lowest BCUT2D eigenvalue weighted by Gasteiger charge is -2.45. The van der Waals surface area contributed by atoms with Gasteiger partial charge >= 0.3 is 0 Å². The average molecular weight is 378 g/mol. The summed E-state index contributed by atoms with van der Waals surface area (Å²) in [4.78, 5) is 27.5. The molecular formula is C19H30N4O4. The Kier molecular flexibility index (Phi) is 6.43. The third kappa shape index (κ3) is 5.17. The van der Waals surface area contributed by atoms with E-state index in [0.717, 1.165) is 13.1 Å². The van der Waals surface area contributed by atoms with E-state index < -0.39 is 4.92 Å². The van der Waals surface area contributed by atoms with E-state index in [0.29, 0.717) is 17.8 Å². The third-order valence-electron chi connectivity index (χ3n) is 4.87. The minimum Gasteiger partial charge on any atom is -0.377 e. The van der Waals surface area contributed by atoms with Crippen molar-refractivity contribution in [3.8, 4) is 0 Å². The highest BCUT2D eigenvalue weighted by Gasteiger charge is 2.33. The first kappa shape index (κ1) is 21.1. The average Bonchev–Trinajstić information content (AvgIpc) is 2.58. The zero-order valence-corrected chi connectivity index (χ0v) is 17.0. The molecule has 1 aliphatic heterocycles. The van der Waals surface area contributed by atoms with Crippen molar-refractivity contribution in [3.05, 3.63) is 33.9 Å². The number of benzene rings is 1. The molecule has 2 atom stereocenters. The molecule has 0 spiro atoms. The Hall–Kier alpha value is -2.19. The third-order valence-corrected chi connectivity index (χ3v) is 4.87. The number of nitrogens with one attached hydrogen (secondary N) is 1. The highest BCUT2D eigenvalue weighted by atomic mass is 16.6. The Morgan fingerprint density at radius 3 is 2.44 bits per heavy atom. The normalized spacial score (nSPS) is 21.0. The van der Waals surface area contributed by atoms with E-state index >= 15 is 0 Å². The number of carbonyl (C=O) groups excluding carboxylic acids is 1. The first-order valence-electron chi connectivity index (χ1n) is 9.15. The molecule has 1 saturated heterocycles. The number of nitro benzene ring substituents is 1. The molecule has 27 heavy (non-hydrogen) atoms. The van der Waals surface area contributed by atoms with Crippen LogP contribution in [0.3, 0.4) is 0 Å². The van der Waals surface area contributed by atoms with Crippen molar-refractivity contribution in [1.82, 2.24) is 10.2 Å². The number of nitro groups is 1. The smallest absolute Gasteiger partial charge is 0.270 e. The van der Waals surface area contributed by atoms with Crippen LogP contribution in [0.5, 0.6) is 0 Å². The number of ether oxygens (including phenoxy) is 1. The van der Waals surface area contributed by atoms with Crippen LogP contribution in [0, 0.1) is 10.1 Å². The molecule has 150 valence electrons. The van der Waals surface area contributed by atoms with Crippen LogP contribution >= 0.6 is 0 Å². The molecule has 0 unspecified atom stereocenters. The van der Waals surface area contributed by atoms with Gasteiger partial charge in [-0.15, -0.1) is 0 Å². The van der Waals surface area contributed by atoms with Crippen LogP contribution in [0.1, 0.15) is 38.1 Å². The first-order chi connectivity index (χ1) is 12.5. The SMILES string of the molecule is C[C@@H]1CN(C(C)(C)CNC(=O)c2cc([N+](=O)[O-])ccc2N(C)C)C[C@H](C)O1. The largest absolute Gasteiger partial charge is 0.377 e. The van der Waals surface area contributed by atoms with Gasteiger partial charge in [0.05, 0.1) is 22.7 Å². The number of hydrogen-bond acceptors (Lipinski definition) is 6. The molecule has 0 radical (unpaired) electrons. The standard InChI is InChI=1S/C19H30N4O4/c1-13-10-22(11-14(2)27-13)19(3,4)12-20-18(24)16-9-15(23(25)26)7-8-17(16)21(5)6/h7-9,13-14H,10-12H2,1-6H3,(H,20,24)/t13-,14+. The molecule has 8 nitrogen and oxygen atoms in total. The van der Waals surface area contributed by atoms with Crippen LogP contribution < -0.4 is 10.2 Å². The van der Waals surface area contributed by atoms with Crippen molar-refractivity contribution in [2.24, 2.45) is 0 Å². The summed E-state index contributed by atoms with van der Waals surface area (Å²) in [5, 5.41) is 14.0. The molecule has 0 aliphatic carbocycles. The summed E-state index contributed by atoms with van der Waals surface area (Å²) in [7, 11) is 3.61. The fourth-order valence-corrected chi connectivity index (χ4v) is 3.39. The summed E-state index contributed by atoms with van der Waals surface area (Å²) in [6.45, 7) is 10.3. The van der Waals surface area contributed by atoms with Crippen LogP contribution in [0.15, 0.2) is 18.2 Å². The van der Waals surface area contributed by atoms with Gasteiger partial charge in [0, 0.05) is 57.1 Å². The second-order valence-corrected chi connectivity index (χ2v) is 8.01. The highest BCUT2D eigenvalue weighted by molar-refractivity contribution is 6.00. The van der Waals surface area contributed by atoms with Crippen LogP contribution in [-0.2, 0) is 4.74 Å². The summed E-state index contributed by atoms with van der Waals surface area (Å²) in [6.07, 6.45) is 0.279. The van der Waals surface area contributed by atoms with Gasteiger partial charge in [-0.25, -0.2) is 0 Å². The minimum absolute atomic E-state index is 0.0964. The van der Waals surface area contributed by atoms with Gasteiger partial charge in [0.2, 0.25) is 0 Å². The number of hydrogen-bond donors (Lipinski definition) is 1. The molecule has 2 rings (SSSR count). The second-order valence-electron chi connectivity index (χ2n) is 8.01. The minimum atomic E-state index is -0.489. The Morgan fingerprint density at radius 2 is 1.93 bits per heavy atom. The van der Waals surface area contributed by atoms with E-state index in [-0.39, 0.29) is 29.3 Å². The van der Waals surface area contributed by atoms with Crippen molar-refractivity contribution >= 4 is 17.3 Å². The molecule has 1 N–H and O–H groups in total. The Balaban J connectivity index is 2.14. The van der Waals surface area contributed by atoms with Crippen LogP contribution in [-0.4, -0.2) is 67.2 Å². The molecule has 1 aromatic rings. The molecule has 1 amide bonds. The maximum absolute atomic E-state index is 12.8. The van der Waals surface area contributed by atoms with E-state index in [9.17, 15) is 14.9 Å². The Bertz CT molecular complexity index is 695. The quantitative estimate of drug-likeness (QED) is 0.604. The van der Waals surface area contributed by atoms with Gasteiger partial charge in [0.25, 0.3) is 11.6 Å². The number of anilines is 1.